The minimum Gasteiger partial charge on any atom is -0.365 e. The molecule has 4 nitrogen and oxygen atoms in total. The average Bonchev–Trinajstić information content (AvgIpc) is 2.34. The second kappa shape index (κ2) is 2.98. The molecule has 0 aromatic carbocycles. The highest BCUT2D eigenvalue weighted by Gasteiger charge is 2.27. The molecule has 4 heteroatoms. The zero-order chi connectivity index (χ0) is 7.56. The Morgan fingerprint density at radius 2 is 2.40 bits per heavy atom. The number of rotatable bonds is 1. The summed E-state index contributed by atoms with van der Waals surface area (Å²) in [5, 5.41) is 0. The van der Waals surface area contributed by atoms with Gasteiger partial charge >= 0.3 is 0 Å². The first kappa shape index (κ1) is 7.50. The Hall–Kier alpha value is -0.610. The van der Waals surface area contributed by atoms with E-state index >= 15 is 0 Å². The molecule has 0 bridgehead atoms. The van der Waals surface area contributed by atoms with Crippen LogP contribution in [0.2, 0.25) is 0 Å². The molecule has 1 aliphatic rings. The molecule has 0 saturated carbocycles. The molecule has 1 aliphatic heterocycles. The van der Waals surface area contributed by atoms with E-state index in [4.69, 9.17) is 10.6 Å². The minimum absolute atomic E-state index is 0.197. The Bertz CT molecular complexity index is 138. The molecule has 0 unspecified atom stereocenters. The van der Waals surface area contributed by atoms with Crippen molar-refractivity contribution in [2.75, 3.05) is 0 Å². The van der Waals surface area contributed by atoms with Crippen molar-refractivity contribution in [2.45, 2.75) is 32.0 Å². The van der Waals surface area contributed by atoms with Crippen LogP contribution < -0.4 is 11.3 Å². The molecular weight excluding hydrogens is 132 g/mol. The first-order chi connectivity index (χ1) is 4.74. The lowest BCUT2D eigenvalue weighted by atomic mass is 10.2. The number of hydrogen-bond acceptors (Lipinski definition) is 3. The van der Waals surface area contributed by atoms with E-state index in [-0.39, 0.29) is 18.1 Å². The summed E-state index contributed by atoms with van der Waals surface area (Å²) in [5.41, 5.74) is 2.06. The van der Waals surface area contributed by atoms with Gasteiger partial charge in [0, 0.05) is 0 Å². The lowest BCUT2D eigenvalue weighted by molar-refractivity contribution is -0.131. The Balaban J connectivity index is 2.37. The third kappa shape index (κ3) is 1.46. The third-order valence-corrected chi connectivity index (χ3v) is 1.67. The summed E-state index contributed by atoms with van der Waals surface area (Å²) in [4.78, 5) is 10.8. The lowest BCUT2D eigenvalue weighted by Gasteiger charge is -2.07. The highest BCUT2D eigenvalue weighted by molar-refractivity contribution is 5.80. The monoisotopic (exact) mass is 144 g/mol. The van der Waals surface area contributed by atoms with E-state index in [0.29, 0.717) is 0 Å². The Kier molecular flexibility index (Phi) is 2.24. The summed E-state index contributed by atoms with van der Waals surface area (Å²) in [6.45, 7) is 1.95. The molecule has 58 valence electrons. The summed E-state index contributed by atoms with van der Waals surface area (Å²) in [6.07, 6.45) is 1.60. The van der Waals surface area contributed by atoms with Crippen LogP contribution in [-0.2, 0) is 9.53 Å². The number of amides is 1. The van der Waals surface area contributed by atoms with Crippen molar-refractivity contribution in [2.24, 2.45) is 5.84 Å². The largest absolute Gasteiger partial charge is 0.365 e. The van der Waals surface area contributed by atoms with Crippen LogP contribution in [0.1, 0.15) is 19.8 Å². The van der Waals surface area contributed by atoms with Crippen molar-refractivity contribution in [3.63, 3.8) is 0 Å². The van der Waals surface area contributed by atoms with Crippen molar-refractivity contribution in [1.82, 2.24) is 5.43 Å². The van der Waals surface area contributed by atoms with Crippen molar-refractivity contribution >= 4 is 5.91 Å². The first-order valence-corrected chi connectivity index (χ1v) is 3.40. The summed E-state index contributed by atoms with van der Waals surface area (Å²) in [6, 6.07) is 0. The van der Waals surface area contributed by atoms with E-state index in [1.807, 2.05) is 6.92 Å². The van der Waals surface area contributed by atoms with E-state index in [9.17, 15) is 4.79 Å². The maximum atomic E-state index is 10.8. The number of carbonyl (C=O) groups excluding carboxylic acids is 1. The van der Waals surface area contributed by atoms with E-state index in [1.54, 1.807) is 0 Å². The fraction of sp³-hybridized carbons (Fsp3) is 0.833. The Morgan fingerprint density at radius 1 is 1.70 bits per heavy atom. The van der Waals surface area contributed by atoms with Crippen LogP contribution in [0.5, 0.6) is 0 Å². The van der Waals surface area contributed by atoms with Crippen LogP contribution >= 0.6 is 0 Å². The molecule has 0 aliphatic carbocycles. The number of carbonyl (C=O) groups is 1. The first-order valence-electron chi connectivity index (χ1n) is 3.40. The normalized spacial score (nSPS) is 32.2. The van der Waals surface area contributed by atoms with Crippen molar-refractivity contribution in [3.8, 4) is 0 Å². The summed E-state index contributed by atoms with van der Waals surface area (Å²) in [7, 11) is 0. The predicted octanol–water partition coefficient (Wildman–Crippen LogP) is -0.456. The minimum atomic E-state index is -0.319. The van der Waals surface area contributed by atoms with E-state index in [0.717, 1.165) is 12.8 Å². The van der Waals surface area contributed by atoms with Crippen LogP contribution in [0.3, 0.4) is 0 Å². The molecule has 1 saturated heterocycles. The molecule has 0 spiro atoms. The predicted molar refractivity (Wildman–Crippen MR) is 35.9 cm³/mol. The number of nitrogens with one attached hydrogen (secondary N) is 1. The van der Waals surface area contributed by atoms with Crippen molar-refractivity contribution in [3.05, 3.63) is 0 Å². The van der Waals surface area contributed by atoms with Crippen LogP contribution in [0.15, 0.2) is 0 Å². The topological polar surface area (TPSA) is 64.4 Å². The fourth-order valence-electron chi connectivity index (χ4n) is 1.09. The van der Waals surface area contributed by atoms with Gasteiger partial charge in [0.2, 0.25) is 0 Å². The zero-order valence-electron chi connectivity index (χ0n) is 5.96. The van der Waals surface area contributed by atoms with Gasteiger partial charge in [-0.2, -0.15) is 0 Å². The molecule has 1 amide bonds. The highest BCUT2D eigenvalue weighted by Crippen LogP contribution is 2.18. The smallest absolute Gasteiger partial charge is 0.263 e. The fourth-order valence-corrected chi connectivity index (χ4v) is 1.09. The lowest BCUT2D eigenvalue weighted by Crippen LogP contribution is -2.38. The summed E-state index contributed by atoms with van der Waals surface area (Å²) >= 11 is 0. The second-order valence-electron chi connectivity index (χ2n) is 2.52. The number of hydrogen-bond donors (Lipinski definition) is 2. The van der Waals surface area contributed by atoms with Gasteiger partial charge in [0.1, 0.15) is 6.10 Å². The van der Waals surface area contributed by atoms with Crippen LogP contribution in [0, 0.1) is 0 Å². The molecule has 10 heavy (non-hydrogen) atoms. The number of hydrazine groups is 1. The van der Waals surface area contributed by atoms with Gasteiger partial charge < -0.3 is 4.74 Å². The van der Waals surface area contributed by atoms with Gasteiger partial charge in [-0.25, -0.2) is 5.84 Å². The average molecular weight is 144 g/mol. The molecule has 1 fully saturated rings. The summed E-state index contributed by atoms with van der Waals surface area (Å²) < 4.78 is 5.22. The second-order valence-corrected chi connectivity index (χ2v) is 2.52. The van der Waals surface area contributed by atoms with Gasteiger partial charge in [0.15, 0.2) is 0 Å². The maximum Gasteiger partial charge on any atom is 0.263 e. The molecular formula is C6H12N2O2. The van der Waals surface area contributed by atoms with Crippen molar-refractivity contribution in [1.29, 1.82) is 0 Å². The number of ether oxygens (including phenoxy) is 1. The zero-order valence-corrected chi connectivity index (χ0v) is 5.96. The van der Waals surface area contributed by atoms with Gasteiger partial charge in [-0.05, 0) is 19.8 Å². The van der Waals surface area contributed by atoms with Gasteiger partial charge in [-0.15, -0.1) is 0 Å². The molecule has 3 N–H and O–H groups in total. The van der Waals surface area contributed by atoms with Gasteiger partial charge in [0.05, 0.1) is 6.10 Å². The van der Waals surface area contributed by atoms with Crippen LogP contribution in [-0.4, -0.2) is 18.1 Å². The molecule has 1 rings (SSSR count). The number of nitrogens with two attached hydrogens (primary N) is 1. The van der Waals surface area contributed by atoms with Crippen LogP contribution in [0.25, 0.3) is 0 Å². The highest BCUT2D eigenvalue weighted by atomic mass is 16.5. The van der Waals surface area contributed by atoms with E-state index < -0.39 is 0 Å². The van der Waals surface area contributed by atoms with E-state index in [2.05, 4.69) is 5.43 Å². The molecule has 2 atom stereocenters. The van der Waals surface area contributed by atoms with Crippen LogP contribution in [0.4, 0.5) is 0 Å². The van der Waals surface area contributed by atoms with Gasteiger partial charge in [-0.3, -0.25) is 10.2 Å². The summed E-state index contributed by atoms with van der Waals surface area (Å²) in [5.74, 6) is 4.70. The van der Waals surface area contributed by atoms with Crippen molar-refractivity contribution < 1.29 is 9.53 Å². The Morgan fingerprint density at radius 3 is 2.80 bits per heavy atom. The molecule has 1 heterocycles. The standard InChI is InChI=1S/C6H12N2O2/c1-4-2-3-5(10-4)6(9)8-7/h4-5H,2-3,7H2,1H3,(H,8,9)/t4-,5+/m1/s1. The SMILES string of the molecule is C[C@@H]1CC[C@@H](C(=O)NN)O1. The van der Waals surface area contributed by atoms with Gasteiger partial charge in [0.25, 0.3) is 5.91 Å². The third-order valence-electron chi connectivity index (χ3n) is 1.67. The maximum absolute atomic E-state index is 10.8. The Labute approximate surface area is 59.7 Å². The molecule has 0 radical (unpaired) electrons. The molecule has 0 aromatic rings. The quantitative estimate of drug-likeness (QED) is 0.297. The van der Waals surface area contributed by atoms with E-state index in [1.165, 1.54) is 0 Å². The van der Waals surface area contributed by atoms with Gasteiger partial charge in [-0.1, -0.05) is 0 Å². The molecule has 0 aromatic heterocycles.